The van der Waals surface area contributed by atoms with Gasteiger partial charge in [-0.15, -0.1) is 0 Å². The minimum atomic E-state index is -1.04. The van der Waals surface area contributed by atoms with Crippen molar-refractivity contribution in [3.63, 3.8) is 0 Å². The summed E-state index contributed by atoms with van der Waals surface area (Å²) in [6.45, 7) is 7.04. The summed E-state index contributed by atoms with van der Waals surface area (Å²) in [6, 6.07) is 8.55. The Bertz CT molecular complexity index is 1190. The number of aryl methyl sites for hydroxylation is 1. The van der Waals surface area contributed by atoms with Crippen LogP contribution in [0.5, 0.6) is 5.75 Å². The number of aliphatic carboxylic acids is 1. The van der Waals surface area contributed by atoms with Crippen LogP contribution in [-0.4, -0.2) is 59.1 Å². The normalized spacial score (nSPS) is 21.5. The highest BCUT2D eigenvalue weighted by Gasteiger charge is 2.37. The van der Waals surface area contributed by atoms with Crippen LogP contribution in [0.25, 0.3) is 0 Å². The molecule has 5 rings (SSSR count). The number of carbonyl (C=O) groups is 2. The van der Waals surface area contributed by atoms with Crippen LogP contribution >= 0.6 is 11.6 Å². The van der Waals surface area contributed by atoms with Crippen molar-refractivity contribution in [2.75, 3.05) is 26.2 Å². The Kier molecular flexibility index (Phi) is 7.96. The number of rotatable bonds is 8. The van der Waals surface area contributed by atoms with Crippen molar-refractivity contribution in [1.29, 1.82) is 0 Å². The van der Waals surface area contributed by atoms with Crippen molar-refractivity contribution in [3.8, 4) is 5.75 Å². The molecule has 2 saturated heterocycles. The molecule has 0 radical (unpaired) electrons. The Labute approximate surface area is 228 Å². The lowest BCUT2D eigenvalue weighted by Crippen LogP contribution is -2.40. The number of hydrogen-bond acceptors (Lipinski definition) is 4. The highest BCUT2D eigenvalue weighted by Crippen LogP contribution is 2.45. The number of carbonyl (C=O) groups excluding carboxylic acids is 1. The van der Waals surface area contributed by atoms with E-state index in [1.54, 1.807) is 6.07 Å². The van der Waals surface area contributed by atoms with Crippen LogP contribution in [0.15, 0.2) is 30.3 Å². The van der Waals surface area contributed by atoms with E-state index >= 15 is 4.39 Å². The summed E-state index contributed by atoms with van der Waals surface area (Å²) in [5.74, 6) is -1.08. The van der Waals surface area contributed by atoms with E-state index in [1.165, 1.54) is 16.5 Å². The molecule has 2 unspecified atom stereocenters. The summed E-state index contributed by atoms with van der Waals surface area (Å²) in [5.41, 5.74) is 3.21. The monoisotopic (exact) mass is 542 g/mol. The van der Waals surface area contributed by atoms with Crippen molar-refractivity contribution in [2.24, 2.45) is 5.92 Å². The second kappa shape index (κ2) is 11.2. The summed E-state index contributed by atoms with van der Waals surface area (Å²) >= 11 is 6.28. The Balaban J connectivity index is 1.22. The predicted octanol–water partition coefficient (Wildman–Crippen LogP) is 6.21. The summed E-state index contributed by atoms with van der Waals surface area (Å²) in [7, 11) is 0. The maximum atomic E-state index is 15.2. The van der Waals surface area contributed by atoms with Crippen LogP contribution in [0, 0.1) is 18.7 Å². The van der Waals surface area contributed by atoms with Crippen LogP contribution in [-0.2, 0) is 4.79 Å². The fourth-order valence-electron chi connectivity index (χ4n) is 5.93. The van der Waals surface area contributed by atoms with Gasteiger partial charge in [0.05, 0.1) is 12.2 Å². The van der Waals surface area contributed by atoms with Gasteiger partial charge in [0, 0.05) is 23.7 Å². The fraction of sp³-hybridized carbons (Fsp3) is 0.533. The Morgan fingerprint density at radius 2 is 1.82 bits per heavy atom. The predicted molar refractivity (Wildman–Crippen MR) is 144 cm³/mol. The van der Waals surface area contributed by atoms with Gasteiger partial charge in [-0.2, -0.15) is 0 Å². The average Bonchev–Trinajstić information content (AvgIpc) is 3.61. The van der Waals surface area contributed by atoms with Gasteiger partial charge in [-0.1, -0.05) is 17.7 Å². The zero-order chi connectivity index (χ0) is 27.0. The number of amides is 1. The van der Waals surface area contributed by atoms with Crippen LogP contribution < -0.4 is 4.74 Å². The zero-order valence-electron chi connectivity index (χ0n) is 22.1. The molecule has 0 bridgehead atoms. The number of likely N-dealkylation sites (tertiary alicyclic amines) is 2. The minimum absolute atomic E-state index is 0.0500. The Hall–Kier alpha value is -2.64. The highest BCUT2D eigenvalue weighted by atomic mass is 35.5. The van der Waals surface area contributed by atoms with Crippen molar-refractivity contribution in [1.82, 2.24) is 9.80 Å². The third kappa shape index (κ3) is 5.84. The van der Waals surface area contributed by atoms with E-state index in [-0.39, 0.29) is 17.5 Å². The Morgan fingerprint density at radius 1 is 1.08 bits per heavy atom. The number of ether oxygens (including phenoxy) is 1. The Morgan fingerprint density at radius 3 is 2.47 bits per heavy atom. The number of benzene rings is 2. The van der Waals surface area contributed by atoms with Gasteiger partial charge in [0.2, 0.25) is 0 Å². The average molecular weight is 543 g/mol. The molecular weight excluding hydrogens is 507 g/mol. The van der Waals surface area contributed by atoms with E-state index in [0.29, 0.717) is 37.7 Å². The van der Waals surface area contributed by atoms with E-state index in [4.69, 9.17) is 16.3 Å². The summed E-state index contributed by atoms with van der Waals surface area (Å²) < 4.78 is 21.4. The minimum Gasteiger partial charge on any atom is -0.493 e. The summed E-state index contributed by atoms with van der Waals surface area (Å²) in [6.07, 6.45) is 4.96. The molecule has 2 aromatic carbocycles. The third-order valence-corrected chi connectivity index (χ3v) is 8.58. The van der Waals surface area contributed by atoms with Crippen LogP contribution in [0.3, 0.4) is 0 Å². The maximum absolute atomic E-state index is 15.2. The molecule has 3 aliphatic rings. The van der Waals surface area contributed by atoms with Gasteiger partial charge in [0.15, 0.2) is 0 Å². The first kappa shape index (κ1) is 26.9. The van der Waals surface area contributed by atoms with Gasteiger partial charge >= 0.3 is 5.97 Å². The van der Waals surface area contributed by atoms with E-state index in [2.05, 4.69) is 24.8 Å². The second-order valence-corrected chi connectivity index (χ2v) is 11.6. The molecule has 6 nitrogen and oxygen atoms in total. The van der Waals surface area contributed by atoms with Crippen molar-refractivity contribution in [2.45, 2.75) is 70.4 Å². The number of hydrogen-bond donors (Lipinski definition) is 1. The van der Waals surface area contributed by atoms with Gasteiger partial charge in [0.25, 0.3) is 5.91 Å². The molecule has 8 heteroatoms. The van der Waals surface area contributed by atoms with Crippen LogP contribution in [0.1, 0.15) is 84.5 Å². The lowest BCUT2D eigenvalue weighted by atomic mass is 9.95. The molecular formula is C30H36ClFN2O4. The summed E-state index contributed by atoms with van der Waals surface area (Å²) in [4.78, 5) is 28.4. The molecule has 2 aromatic rings. The first-order valence-corrected chi connectivity index (χ1v) is 14.1. The lowest BCUT2D eigenvalue weighted by Gasteiger charge is -2.36. The smallest absolute Gasteiger partial charge is 0.326 e. The van der Waals surface area contributed by atoms with E-state index in [9.17, 15) is 14.7 Å². The highest BCUT2D eigenvalue weighted by molar-refractivity contribution is 6.30. The molecule has 1 aliphatic carbocycles. The molecule has 3 fully saturated rings. The standard InChI is InChI=1S/C30H36ClFN2O4/c1-18-12-22(14-23(31)13-18)19(2)33-10-7-20(8-11-33)17-38-28-16-26(32)25(15-24(28)21-5-6-21)29(35)34-9-3-4-27(34)30(36)37/h12-16,19-21,27H,3-11,17H2,1-2H3,(H,36,37). The van der Waals surface area contributed by atoms with Gasteiger partial charge in [-0.25, -0.2) is 9.18 Å². The molecule has 2 atom stereocenters. The number of nitrogens with zero attached hydrogens (tertiary/aromatic N) is 2. The maximum Gasteiger partial charge on any atom is 0.326 e. The molecule has 1 N–H and O–H groups in total. The van der Waals surface area contributed by atoms with Gasteiger partial charge in [0.1, 0.15) is 17.6 Å². The third-order valence-electron chi connectivity index (χ3n) is 8.36. The molecule has 38 heavy (non-hydrogen) atoms. The van der Waals surface area contributed by atoms with Crippen molar-refractivity contribution < 1.29 is 23.8 Å². The quantitative estimate of drug-likeness (QED) is 0.429. The molecule has 1 amide bonds. The molecule has 2 heterocycles. The number of halogens is 2. The molecule has 2 aliphatic heterocycles. The number of carboxylic acids is 1. The van der Waals surface area contributed by atoms with Crippen LogP contribution in [0.4, 0.5) is 4.39 Å². The fourth-order valence-corrected chi connectivity index (χ4v) is 6.22. The topological polar surface area (TPSA) is 70.1 Å². The van der Waals surface area contributed by atoms with Gasteiger partial charge in [-0.05, 0) is 112 Å². The van der Waals surface area contributed by atoms with E-state index in [1.807, 2.05) is 12.1 Å². The molecule has 204 valence electrons. The van der Waals surface area contributed by atoms with Gasteiger partial charge < -0.3 is 14.7 Å². The molecule has 0 spiro atoms. The first-order chi connectivity index (χ1) is 18.2. The SMILES string of the molecule is Cc1cc(Cl)cc(C(C)N2CCC(COc3cc(F)c(C(=O)N4CCCC4C(=O)O)cc3C3CC3)CC2)c1. The number of piperidine rings is 1. The zero-order valence-corrected chi connectivity index (χ0v) is 22.8. The molecule has 0 aromatic heterocycles. The van der Waals surface area contributed by atoms with Gasteiger partial charge in [-0.3, -0.25) is 9.69 Å². The largest absolute Gasteiger partial charge is 0.493 e. The number of carboxylic acid groups (broad SMARTS) is 1. The van der Waals surface area contributed by atoms with Crippen LogP contribution in [0.2, 0.25) is 5.02 Å². The van der Waals surface area contributed by atoms with Crippen molar-refractivity contribution >= 4 is 23.5 Å². The van der Waals surface area contributed by atoms with E-state index in [0.717, 1.165) is 54.9 Å². The molecule has 1 saturated carbocycles. The van der Waals surface area contributed by atoms with E-state index < -0.39 is 23.7 Å². The summed E-state index contributed by atoms with van der Waals surface area (Å²) in [5, 5.41) is 10.2. The van der Waals surface area contributed by atoms with Crippen molar-refractivity contribution in [3.05, 3.63) is 63.4 Å². The first-order valence-electron chi connectivity index (χ1n) is 13.7. The second-order valence-electron chi connectivity index (χ2n) is 11.2. The lowest BCUT2D eigenvalue weighted by molar-refractivity contribution is -0.141.